The van der Waals surface area contributed by atoms with Crippen molar-refractivity contribution in [2.45, 2.75) is 16.9 Å². The van der Waals surface area contributed by atoms with Crippen LogP contribution >= 0.6 is 11.8 Å². The first-order chi connectivity index (χ1) is 17.4. The van der Waals surface area contributed by atoms with E-state index in [1.807, 2.05) is 54.6 Å². The Labute approximate surface area is 212 Å². The molecule has 0 bridgehead atoms. The monoisotopic (exact) mass is 504 g/mol. The lowest BCUT2D eigenvalue weighted by Gasteiger charge is -2.38. The summed E-state index contributed by atoms with van der Waals surface area (Å²) in [4.78, 5) is 48.2. The number of hydrogen-bond donors (Lipinski definition) is 3. The topological polar surface area (TPSA) is 122 Å². The Morgan fingerprint density at radius 1 is 0.944 bits per heavy atom. The van der Waals surface area contributed by atoms with Gasteiger partial charge >= 0.3 is 5.97 Å². The van der Waals surface area contributed by atoms with Crippen LogP contribution in [-0.4, -0.2) is 47.6 Å². The van der Waals surface area contributed by atoms with Gasteiger partial charge in [0.1, 0.15) is 12.3 Å². The molecule has 3 aromatic rings. The third-order valence-electron chi connectivity index (χ3n) is 5.67. The summed E-state index contributed by atoms with van der Waals surface area (Å²) in [6, 6.07) is 23.5. The van der Waals surface area contributed by atoms with Gasteiger partial charge in [0.2, 0.25) is 5.91 Å². The lowest BCUT2D eigenvalue weighted by atomic mass is 9.80. The number of rotatable bonds is 11. The van der Waals surface area contributed by atoms with Crippen molar-refractivity contribution in [2.75, 3.05) is 18.9 Å². The lowest BCUT2D eigenvalue weighted by molar-refractivity contribution is -0.138. The molecule has 0 unspecified atom stereocenters. The number of nitrogens with one attached hydrogen (secondary N) is 2. The number of amides is 2. The van der Waals surface area contributed by atoms with E-state index in [0.29, 0.717) is 11.3 Å². The first kappa shape index (κ1) is 25.0. The number of carboxylic acid groups (broad SMARTS) is 1. The Balaban J connectivity index is 1.40. The van der Waals surface area contributed by atoms with E-state index in [-0.39, 0.29) is 30.1 Å². The van der Waals surface area contributed by atoms with E-state index < -0.39 is 24.3 Å². The molecule has 9 heteroatoms. The summed E-state index contributed by atoms with van der Waals surface area (Å²) >= 11 is 1.42. The number of Topliss-reactive ketones (excluding diaryl/α,β-unsaturated/α-hetero) is 1. The van der Waals surface area contributed by atoms with Gasteiger partial charge < -0.3 is 20.5 Å². The number of carboxylic acids is 1. The fourth-order valence-corrected chi connectivity index (χ4v) is 4.83. The van der Waals surface area contributed by atoms with Crippen molar-refractivity contribution in [1.82, 2.24) is 10.6 Å². The van der Waals surface area contributed by atoms with Crippen LogP contribution in [0.3, 0.4) is 0 Å². The number of thioether (sulfide) groups is 1. The van der Waals surface area contributed by atoms with Crippen LogP contribution < -0.4 is 15.4 Å². The molecule has 4 rings (SSSR count). The van der Waals surface area contributed by atoms with Gasteiger partial charge in [0.05, 0.1) is 17.7 Å². The van der Waals surface area contributed by atoms with E-state index in [0.717, 1.165) is 16.0 Å². The highest BCUT2D eigenvalue weighted by Crippen LogP contribution is 2.42. The third kappa shape index (κ3) is 6.11. The Bertz CT molecular complexity index is 1260. The van der Waals surface area contributed by atoms with Crippen molar-refractivity contribution in [3.63, 3.8) is 0 Å². The van der Waals surface area contributed by atoms with Crippen LogP contribution in [0.2, 0.25) is 0 Å². The van der Waals surface area contributed by atoms with E-state index >= 15 is 0 Å². The minimum atomic E-state index is -1.13. The molecular weight excluding hydrogens is 480 g/mol. The van der Waals surface area contributed by atoms with Crippen LogP contribution in [-0.2, 0) is 14.4 Å². The molecule has 3 N–H and O–H groups in total. The molecule has 2 amide bonds. The van der Waals surface area contributed by atoms with E-state index in [2.05, 4.69) is 10.6 Å². The smallest absolute Gasteiger partial charge is 0.322 e. The molecule has 1 aliphatic rings. The summed E-state index contributed by atoms with van der Waals surface area (Å²) in [5, 5.41) is 13.8. The Morgan fingerprint density at radius 2 is 1.64 bits per heavy atom. The molecule has 184 valence electrons. The van der Waals surface area contributed by atoms with Gasteiger partial charge in [-0.2, -0.15) is 0 Å². The largest absolute Gasteiger partial charge is 0.484 e. The molecule has 1 saturated heterocycles. The fourth-order valence-electron chi connectivity index (χ4n) is 3.84. The van der Waals surface area contributed by atoms with Crippen LogP contribution in [0.25, 0.3) is 0 Å². The SMILES string of the molecule is O=C(O)CNC(=O)COc1ccc([C@@H]2NC(=O)[C@@H]2c2ccccc2SCC(=O)c2ccccc2)cc1. The highest BCUT2D eigenvalue weighted by atomic mass is 32.2. The Morgan fingerprint density at radius 3 is 2.33 bits per heavy atom. The second kappa shape index (κ2) is 11.5. The minimum absolute atomic E-state index is 0.0252. The number of hydrogen-bond acceptors (Lipinski definition) is 6. The zero-order valence-electron chi connectivity index (χ0n) is 19.2. The number of ether oxygens (including phenoxy) is 1. The van der Waals surface area contributed by atoms with Crippen molar-refractivity contribution in [3.8, 4) is 5.75 Å². The fraction of sp³-hybridized carbons (Fsp3) is 0.185. The maximum Gasteiger partial charge on any atom is 0.322 e. The molecule has 1 heterocycles. The third-order valence-corrected chi connectivity index (χ3v) is 6.76. The number of carbonyl (C=O) groups is 4. The van der Waals surface area contributed by atoms with Gasteiger partial charge in [0.15, 0.2) is 12.4 Å². The Hall–Kier alpha value is -4.11. The highest BCUT2D eigenvalue weighted by molar-refractivity contribution is 8.00. The van der Waals surface area contributed by atoms with Gasteiger partial charge in [-0.15, -0.1) is 11.8 Å². The van der Waals surface area contributed by atoms with Gasteiger partial charge in [-0.1, -0.05) is 60.7 Å². The summed E-state index contributed by atoms with van der Waals surface area (Å²) in [7, 11) is 0. The molecule has 1 fully saturated rings. The first-order valence-electron chi connectivity index (χ1n) is 11.2. The molecule has 0 radical (unpaired) electrons. The van der Waals surface area contributed by atoms with Gasteiger partial charge in [-0.3, -0.25) is 19.2 Å². The number of β-lactam (4-membered cyclic amide) rings is 1. The summed E-state index contributed by atoms with van der Waals surface area (Å²) in [6.45, 7) is -0.772. The molecule has 8 nitrogen and oxygen atoms in total. The lowest BCUT2D eigenvalue weighted by Crippen LogP contribution is -2.49. The molecule has 3 aromatic carbocycles. The first-order valence-corrected chi connectivity index (χ1v) is 12.2. The standard InChI is InChI=1S/C27H24N2O6S/c30-21(17-6-2-1-3-7-17)16-36-22-9-5-4-8-20(22)25-26(29-27(25)34)18-10-12-19(13-11-18)35-15-23(31)28-14-24(32)33/h1-13,25-26H,14-16H2,(H,28,31)(H,29,34)(H,32,33)/t25-,26+/m1/s1. The summed E-state index contributed by atoms with van der Waals surface area (Å²) in [5.74, 6) is -1.40. The zero-order chi connectivity index (χ0) is 25.5. The van der Waals surface area contributed by atoms with Gasteiger partial charge in [0.25, 0.3) is 5.91 Å². The number of benzene rings is 3. The van der Waals surface area contributed by atoms with Gasteiger partial charge in [-0.05, 0) is 29.3 Å². The maximum atomic E-state index is 12.6. The van der Waals surface area contributed by atoms with Gasteiger partial charge in [-0.25, -0.2) is 0 Å². The van der Waals surface area contributed by atoms with E-state index in [4.69, 9.17) is 9.84 Å². The predicted molar refractivity (Wildman–Crippen MR) is 134 cm³/mol. The summed E-state index contributed by atoms with van der Waals surface area (Å²) in [6.07, 6.45) is 0. The van der Waals surface area contributed by atoms with Crippen molar-refractivity contribution in [1.29, 1.82) is 0 Å². The molecular formula is C27H24N2O6S. The molecule has 36 heavy (non-hydrogen) atoms. The number of carbonyl (C=O) groups excluding carboxylic acids is 3. The van der Waals surface area contributed by atoms with E-state index in [1.165, 1.54) is 11.8 Å². The molecule has 0 spiro atoms. The highest BCUT2D eigenvalue weighted by Gasteiger charge is 2.42. The van der Waals surface area contributed by atoms with Crippen molar-refractivity contribution >= 4 is 35.3 Å². The average molecular weight is 505 g/mol. The quantitative estimate of drug-likeness (QED) is 0.208. The molecule has 2 atom stereocenters. The number of aliphatic carboxylic acids is 1. The Kier molecular flexibility index (Phi) is 8.02. The van der Waals surface area contributed by atoms with Gasteiger partial charge in [0, 0.05) is 10.5 Å². The average Bonchev–Trinajstić information content (AvgIpc) is 2.89. The second-order valence-corrected chi connectivity index (χ2v) is 9.12. The number of ketones is 1. The van der Waals surface area contributed by atoms with Crippen LogP contribution in [0.4, 0.5) is 0 Å². The zero-order valence-corrected chi connectivity index (χ0v) is 20.0. The molecule has 0 aliphatic carbocycles. The second-order valence-electron chi connectivity index (χ2n) is 8.11. The normalized spacial score (nSPS) is 16.4. The van der Waals surface area contributed by atoms with Crippen molar-refractivity contribution < 1.29 is 29.0 Å². The van der Waals surface area contributed by atoms with Crippen molar-refractivity contribution in [3.05, 3.63) is 95.6 Å². The predicted octanol–water partition coefficient (Wildman–Crippen LogP) is 3.20. The van der Waals surface area contributed by atoms with E-state index in [9.17, 15) is 19.2 Å². The molecule has 0 saturated carbocycles. The molecule has 1 aliphatic heterocycles. The molecule has 0 aromatic heterocycles. The minimum Gasteiger partial charge on any atom is -0.484 e. The van der Waals surface area contributed by atoms with Crippen LogP contribution in [0, 0.1) is 0 Å². The maximum absolute atomic E-state index is 12.6. The van der Waals surface area contributed by atoms with E-state index in [1.54, 1.807) is 24.3 Å². The van der Waals surface area contributed by atoms with Crippen LogP contribution in [0.15, 0.2) is 83.8 Å². The van der Waals surface area contributed by atoms with Crippen molar-refractivity contribution in [2.24, 2.45) is 0 Å². The summed E-state index contributed by atoms with van der Waals surface area (Å²) in [5.41, 5.74) is 2.40. The van der Waals surface area contributed by atoms with Crippen LogP contribution in [0.5, 0.6) is 5.75 Å². The van der Waals surface area contributed by atoms with Crippen LogP contribution in [0.1, 0.15) is 33.4 Å². The summed E-state index contributed by atoms with van der Waals surface area (Å²) < 4.78 is 5.40.